The van der Waals surface area contributed by atoms with Gasteiger partial charge in [-0.1, -0.05) is 24.3 Å². The first-order valence-electron chi connectivity index (χ1n) is 8.30. The number of carbonyl (C=O) groups is 1. The molecule has 6 heteroatoms. The maximum absolute atomic E-state index is 12.0. The maximum atomic E-state index is 12.0. The van der Waals surface area contributed by atoms with Crippen molar-refractivity contribution in [2.24, 2.45) is 0 Å². The molecule has 1 amide bonds. The topological polar surface area (TPSA) is 54.0 Å². The Morgan fingerprint density at radius 1 is 1.38 bits per heavy atom. The molecule has 0 bridgehead atoms. The largest absolute Gasteiger partial charge is 0.356 e. The molecule has 1 unspecified atom stereocenters. The van der Waals surface area contributed by atoms with Crippen molar-refractivity contribution in [2.75, 3.05) is 24.6 Å². The molecule has 1 aromatic heterocycles. The van der Waals surface area contributed by atoms with Crippen molar-refractivity contribution in [2.45, 2.75) is 25.8 Å². The molecule has 2 heterocycles. The first-order valence-corrected chi connectivity index (χ1v) is 10.3. The Kier molecular flexibility index (Phi) is 6.29. The molecule has 1 aliphatic heterocycles. The summed E-state index contributed by atoms with van der Waals surface area (Å²) < 4.78 is 0. The Bertz CT molecular complexity index is 663. The summed E-state index contributed by atoms with van der Waals surface area (Å²) in [7, 11) is 0. The minimum Gasteiger partial charge on any atom is -0.356 e. The van der Waals surface area contributed by atoms with E-state index in [0.717, 1.165) is 40.7 Å². The molecule has 2 N–H and O–H groups in total. The van der Waals surface area contributed by atoms with Gasteiger partial charge in [0.25, 0.3) is 0 Å². The molecule has 0 spiro atoms. The fraction of sp³-hybridized carbons (Fsp3) is 0.444. The number of rotatable bonds is 6. The summed E-state index contributed by atoms with van der Waals surface area (Å²) in [4.78, 5) is 16.5. The van der Waals surface area contributed by atoms with Crippen molar-refractivity contribution in [3.05, 3.63) is 40.2 Å². The number of aromatic nitrogens is 1. The van der Waals surface area contributed by atoms with Crippen LogP contribution in [0.25, 0.3) is 11.3 Å². The van der Waals surface area contributed by atoms with E-state index in [1.165, 1.54) is 5.56 Å². The lowest BCUT2D eigenvalue weighted by molar-refractivity contribution is -0.121. The molecule has 0 aliphatic carbocycles. The van der Waals surface area contributed by atoms with Crippen molar-refractivity contribution in [3.8, 4) is 11.3 Å². The van der Waals surface area contributed by atoms with Gasteiger partial charge >= 0.3 is 0 Å². The van der Waals surface area contributed by atoms with Crippen LogP contribution in [0.1, 0.15) is 17.0 Å². The zero-order valence-corrected chi connectivity index (χ0v) is 15.5. The summed E-state index contributed by atoms with van der Waals surface area (Å²) in [6, 6.07) is 8.78. The Morgan fingerprint density at radius 2 is 2.21 bits per heavy atom. The Balaban J connectivity index is 1.42. The molecule has 128 valence electrons. The quantitative estimate of drug-likeness (QED) is 0.831. The van der Waals surface area contributed by atoms with Gasteiger partial charge in [0.1, 0.15) is 0 Å². The lowest BCUT2D eigenvalue weighted by Gasteiger charge is -2.22. The minimum absolute atomic E-state index is 0.143. The number of nitrogens with zero attached hydrogens (tertiary/aromatic N) is 1. The van der Waals surface area contributed by atoms with Gasteiger partial charge in [-0.3, -0.25) is 4.79 Å². The highest BCUT2D eigenvalue weighted by atomic mass is 32.2. The molecular formula is C18H23N3OS2. The van der Waals surface area contributed by atoms with Crippen LogP contribution in [0.3, 0.4) is 0 Å². The zero-order valence-electron chi connectivity index (χ0n) is 13.9. The van der Waals surface area contributed by atoms with E-state index in [9.17, 15) is 4.79 Å². The lowest BCUT2D eigenvalue weighted by atomic mass is 10.1. The van der Waals surface area contributed by atoms with Gasteiger partial charge in [-0.05, 0) is 18.9 Å². The number of nitrogens with one attached hydrogen (secondary N) is 2. The standard InChI is InChI=1S/C18H23N3OS2/c1-13-21-17(12-24-13)15-4-2-14(3-5-15)6-7-20-18(22)10-16-11-23-9-8-19-16/h2-5,12,16,19H,6-11H2,1H3,(H,20,22). The Labute approximate surface area is 151 Å². The molecule has 24 heavy (non-hydrogen) atoms. The molecule has 1 aromatic carbocycles. The summed E-state index contributed by atoms with van der Waals surface area (Å²) in [6.45, 7) is 3.72. The molecule has 1 fully saturated rings. The number of aryl methyl sites for hydroxylation is 1. The molecule has 2 aromatic rings. The second kappa shape index (κ2) is 8.65. The normalized spacial score (nSPS) is 17.6. The monoisotopic (exact) mass is 361 g/mol. The van der Waals surface area contributed by atoms with Crippen LogP contribution in [-0.4, -0.2) is 41.5 Å². The van der Waals surface area contributed by atoms with Crippen molar-refractivity contribution in [1.29, 1.82) is 0 Å². The summed E-state index contributed by atoms with van der Waals surface area (Å²) >= 11 is 3.59. The number of benzene rings is 1. The Morgan fingerprint density at radius 3 is 2.88 bits per heavy atom. The smallest absolute Gasteiger partial charge is 0.221 e. The number of thioether (sulfide) groups is 1. The number of hydrogen-bond acceptors (Lipinski definition) is 5. The van der Waals surface area contributed by atoms with E-state index >= 15 is 0 Å². The summed E-state index contributed by atoms with van der Waals surface area (Å²) in [5.74, 6) is 2.32. The van der Waals surface area contributed by atoms with Crippen LogP contribution in [0.2, 0.25) is 0 Å². The average molecular weight is 362 g/mol. The number of hydrogen-bond donors (Lipinski definition) is 2. The van der Waals surface area contributed by atoms with E-state index in [1.807, 2.05) is 18.7 Å². The number of amides is 1. The van der Waals surface area contributed by atoms with Crippen molar-refractivity contribution in [3.63, 3.8) is 0 Å². The Hall–Kier alpha value is -1.37. The summed E-state index contributed by atoms with van der Waals surface area (Å²) in [6.07, 6.45) is 1.43. The molecule has 0 radical (unpaired) electrons. The van der Waals surface area contributed by atoms with Crippen LogP contribution in [0.4, 0.5) is 0 Å². The van der Waals surface area contributed by atoms with Gasteiger partial charge in [0.15, 0.2) is 0 Å². The highest BCUT2D eigenvalue weighted by molar-refractivity contribution is 7.99. The van der Waals surface area contributed by atoms with E-state index in [2.05, 4.69) is 45.3 Å². The first kappa shape index (κ1) is 17.5. The molecular weight excluding hydrogens is 338 g/mol. The lowest BCUT2D eigenvalue weighted by Crippen LogP contribution is -2.41. The van der Waals surface area contributed by atoms with Crippen LogP contribution in [0.5, 0.6) is 0 Å². The van der Waals surface area contributed by atoms with Crippen molar-refractivity contribution >= 4 is 29.0 Å². The van der Waals surface area contributed by atoms with Crippen LogP contribution in [0.15, 0.2) is 29.6 Å². The maximum Gasteiger partial charge on any atom is 0.221 e. The molecule has 0 saturated carbocycles. The van der Waals surface area contributed by atoms with Gasteiger partial charge in [0.05, 0.1) is 10.7 Å². The van der Waals surface area contributed by atoms with E-state index in [4.69, 9.17) is 0 Å². The van der Waals surface area contributed by atoms with Gasteiger partial charge in [-0.25, -0.2) is 4.98 Å². The van der Waals surface area contributed by atoms with Crippen molar-refractivity contribution in [1.82, 2.24) is 15.6 Å². The van der Waals surface area contributed by atoms with Gasteiger partial charge in [-0.2, -0.15) is 11.8 Å². The third-order valence-electron chi connectivity index (χ3n) is 4.03. The van der Waals surface area contributed by atoms with Crippen molar-refractivity contribution < 1.29 is 4.79 Å². The fourth-order valence-electron chi connectivity index (χ4n) is 2.73. The van der Waals surface area contributed by atoms with Crippen LogP contribution in [-0.2, 0) is 11.2 Å². The zero-order chi connectivity index (χ0) is 16.8. The number of thiazole rings is 1. The second-order valence-electron chi connectivity index (χ2n) is 5.98. The summed E-state index contributed by atoms with van der Waals surface area (Å²) in [5.41, 5.74) is 3.42. The van der Waals surface area contributed by atoms with Crippen LogP contribution >= 0.6 is 23.1 Å². The third kappa shape index (κ3) is 5.06. The number of carbonyl (C=O) groups excluding carboxylic acids is 1. The van der Waals surface area contributed by atoms with Crippen LogP contribution < -0.4 is 10.6 Å². The third-order valence-corrected chi connectivity index (χ3v) is 5.94. The van der Waals surface area contributed by atoms with Gasteiger partial charge in [-0.15, -0.1) is 11.3 Å². The first-order chi connectivity index (χ1) is 11.7. The van der Waals surface area contributed by atoms with E-state index in [1.54, 1.807) is 11.3 Å². The summed E-state index contributed by atoms with van der Waals surface area (Å²) in [5, 5.41) is 9.60. The van der Waals surface area contributed by atoms with Gasteiger partial charge < -0.3 is 10.6 Å². The van der Waals surface area contributed by atoms with Gasteiger partial charge in [0.2, 0.25) is 5.91 Å². The SMILES string of the molecule is Cc1nc(-c2ccc(CCNC(=O)CC3CSCCN3)cc2)cs1. The van der Waals surface area contributed by atoms with Gasteiger partial charge in [0, 0.05) is 48.0 Å². The van der Waals surface area contributed by atoms with E-state index < -0.39 is 0 Å². The highest BCUT2D eigenvalue weighted by Gasteiger charge is 2.16. The highest BCUT2D eigenvalue weighted by Crippen LogP contribution is 2.21. The average Bonchev–Trinajstić information content (AvgIpc) is 3.03. The van der Waals surface area contributed by atoms with Crippen LogP contribution in [0, 0.1) is 6.92 Å². The van der Waals surface area contributed by atoms with E-state index in [0.29, 0.717) is 19.0 Å². The predicted molar refractivity (Wildman–Crippen MR) is 103 cm³/mol. The second-order valence-corrected chi connectivity index (χ2v) is 8.19. The molecule has 1 aliphatic rings. The van der Waals surface area contributed by atoms with E-state index in [-0.39, 0.29) is 5.91 Å². The molecule has 1 saturated heterocycles. The predicted octanol–water partition coefficient (Wildman–Crippen LogP) is 2.87. The fourth-order valence-corrected chi connectivity index (χ4v) is 4.30. The molecule has 3 rings (SSSR count). The molecule has 4 nitrogen and oxygen atoms in total. The minimum atomic E-state index is 0.143. The molecule has 1 atom stereocenters.